The van der Waals surface area contributed by atoms with Crippen molar-refractivity contribution in [2.75, 3.05) is 6.54 Å². The van der Waals surface area contributed by atoms with Crippen molar-refractivity contribution in [3.63, 3.8) is 0 Å². The van der Waals surface area contributed by atoms with Gasteiger partial charge in [-0.1, -0.05) is 41.9 Å². The molecule has 0 N–H and O–H groups in total. The minimum Gasteiger partial charge on any atom is -0.206 e. The van der Waals surface area contributed by atoms with Gasteiger partial charge in [0.25, 0.3) is 10.0 Å². The van der Waals surface area contributed by atoms with E-state index in [4.69, 9.17) is 11.6 Å². The first-order chi connectivity index (χ1) is 10.00. The average molecular weight is 407 g/mol. The summed E-state index contributed by atoms with van der Waals surface area (Å²) in [4.78, 5) is 0. The van der Waals surface area contributed by atoms with E-state index in [1.807, 2.05) is 30.3 Å². The van der Waals surface area contributed by atoms with E-state index in [1.165, 1.54) is 6.07 Å². The van der Waals surface area contributed by atoms with E-state index in [0.29, 0.717) is 19.6 Å². The highest BCUT2D eigenvalue weighted by Gasteiger charge is 2.37. The topological polar surface area (TPSA) is 37.4 Å². The third kappa shape index (κ3) is 2.92. The molecule has 2 heterocycles. The lowest BCUT2D eigenvalue weighted by Gasteiger charge is -2.23. The van der Waals surface area contributed by atoms with Crippen LogP contribution in [0.15, 0.2) is 44.4 Å². The molecule has 0 aliphatic carbocycles. The third-order valence-corrected chi connectivity index (χ3v) is 8.41. The molecule has 1 fully saturated rings. The van der Waals surface area contributed by atoms with Crippen LogP contribution in [-0.2, 0) is 10.0 Å². The number of nitrogens with zero attached hydrogens (tertiary/aromatic N) is 1. The summed E-state index contributed by atoms with van der Waals surface area (Å²) in [6, 6.07) is 11.2. The van der Waals surface area contributed by atoms with Crippen LogP contribution in [0.5, 0.6) is 0 Å². The van der Waals surface area contributed by atoms with E-state index in [0.717, 1.165) is 29.7 Å². The van der Waals surface area contributed by atoms with E-state index < -0.39 is 10.0 Å². The highest BCUT2D eigenvalue weighted by Crippen LogP contribution is 2.41. The van der Waals surface area contributed by atoms with Crippen molar-refractivity contribution in [3.8, 4) is 0 Å². The Morgan fingerprint density at radius 3 is 2.62 bits per heavy atom. The van der Waals surface area contributed by atoms with Crippen LogP contribution in [-0.4, -0.2) is 19.3 Å². The Hall–Kier alpha value is -0.400. The van der Waals surface area contributed by atoms with Crippen molar-refractivity contribution in [1.82, 2.24) is 4.31 Å². The van der Waals surface area contributed by atoms with Gasteiger partial charge >= 0.3 is 0 Å². The van der Waals surface area contributed by atoms with Crippen molar-refractivity contribution in [3.05, 3.63) is 50.8 Å². The molecule has 0 radical (unpaired) electrons. The second-order valence-electron chi connectivity index (χ2n) is 4.87. The Labute approximate surface area is 141 Å². The fourth-order valence-electron chi connectivity index (χ4n) is 2.61. The van der Waals surface area contributed by atoms with Crippen LogP contribution in [0.4, 0.5) is 0 Å². The fraction of sp³-hybridized carbons (Fsp3) is 0.286. The normalized spacial score (nSPS) is 20.0. The van der Waals surface area contributed by atoms with Gasteiger partial charge in [-0.15, -0.1) is 11.3 Å². The second-order valence-corrected chi connectivity index (χ2v) is 9.77. The van der Waals surface area contributed by atoms with Crippen LogP contribution in [0.2, 0.25) is 5.02 Å². The number of rotatable bonds is 3. The molecule has 0 amide bonds. The standard InChI is InChI=1S/C14H13BrClNO2S2/c15-14-11(16)9-13(20-14)21(18,19)17-8-4-7-12(17)10-5-2-1-3-6-10/h1-3,5-6,9,12H,4,7-8H2. The average Bonchev–Trinajstić information content (AvgIpc) is 3.08. The van der Waals surface area contributed by atoms with Crippen molar-refractivity contribution in [2.45, 2.75) is 23.1 Å². The van der Waals surface area contributed by atoms with Crippen LogP contribution in [0, 0.1) is 0 Å². The fourth-order valence-corrected chi connectivity index (χ4v) is 6.82. The number of sulfonamides is 1. The zero-order valence-corrected chi connectivity index (χ0v) is 15.0. The summed E-state index contributed by atoms with van der Waals surface area (Å²) < 4.78 is 28.2. The Balaban J connectivity index is 1.98. The minimum atomic E-state index is -3.50. The molecule has 3 nitrogen and oxygen atoms in total. The van der Waals surface area contributed by atoms with Crippen molar-refractivity contribution in [2.24, 2.45) is 0 Å². The Morgan fingerprint density at radius 1 is 1.29 bits per heavy atom. The maximum absolute atomic E-state index is 12.8. The molecule has 0 bridgehead atoms. The van der Waals surface area contributed by atoms with E-state index in [1.54, 1.807) is 4.31 Å². The predicted octanol–water partition coefficient (Wildman–Crippen LogP) is 4.69. The molecular formula is C14H13BrClNO2S2. The third-order valence-electron chi connectivity index (χ3n) is 3.57. The van der Waals surface area contributed by atoms with Gasteiger partial charge in [0, 0.05) is 6.54 Å². The monoisotopic (exact) mass is 405 g/mol. The van der Waals surface area contributed by atoms with Crippen molar-refractivity contribution in [1.29, 1.82) is 0 Å². The molecular weight excluding hydrogens is 394 g/mol. The van der Waals surface area contributed by atoms with Gasteiger partial charge in [0.1, 0.15) is 4.21 Å². The lowest BCUT2D eigenvalue weighted by molar-refractivity contribution is 0.398. The molecule has 1 atom stereocenters. The van der Waals surface area contributed by atoms with Crippen molar-refractivity contribution < 1.29 is 8.42 Å². The molecule has 21 heavy (non-hydrogen) atoms. The highest BCUT2D eigenvalue weighted by molar-refractivity contribution is 9.11. The molecule has 2 aromatic rings. The molecule has 1 aromatic heterocycles. The van der Waals surface area contributed by atoms with E-state index in [9.17, 15) is 8.42 Å². The number of hydrogen-bond donors (Lipinski definition) is 0. The van der Waals surface area contributed by atoms with Gasteiger partial charge in [-0.05, 0) is 40.4 Å². The molecule has 1 aliphatic rings. The summed E-state index contributed by atoms with van der Waals surface area (Å²) in [6.45, 7) is 0.551. The lowest BCUT2D eigenvalue weighted by atomic mass is 10.1. The summed E-state index contributed by atoms with van der Waals surface area (Å²) in [5, 5.41) is 0.439. The van der Waals surface area contributed by atoms with Gasteiger partial charge in [-0.2, -0.15) is 4.31 Å². The molecule has 0 spiro atoms. The number of halogens is 2. The maximum Gasteiger partial charge on any atom is 0.253 e. The Bertz CT molecular complexity index is 726. The quantitative estimate of drug-likeness (QED) is 0.741. The van der Waals surface area contributed by atoms with E-state index in [2.05, 4.69) is 15.9 Å². The predicted molar refractivity (Wildman–Crippen MR) is 89.3 cm³/mol. The van der Waals surface area contributed by atoms with Crippen LogP contribution in [0.25, 0.3) is 0 Å². The van der Waals surface area contributed by atoms with Crippen molar-refractivity contribution >= 4 is 48.9 Å². The largest absolute Gasteiger partial charge is 0.253 e. The van der Waals surface area contributed by atoms with Gasteiger partial charge in [-0.3, -0.25) is 0 Å². The number of benzene rings is 1. The minimum absolute atomic E-state index is 0.0872. The zero-order valence-electron chi connectivity index (χ0n) is 11.0. The molecule has 1 aromatic carbocycles. The first-order valence-electron chi connectivity index (χ1n) is 6.52. The molecule has 1 unspecified atom stereocenters. The summed E-state index contributed by atoms with van der Waals surface area (Å²) in [7, 11) is -3.50. The SMILES string of the molecule is O=S(=O)(c1cc(Cl)c(Br)s1)N1CCCC1c1ccccc1. The number of thiophene rings is 1. The first-order valence-corrected chi connectivity index (χ1v) is 9.94. The molecule has 1 aliphatic heterocycles. The van der Waals surface area contributed by atoms with Crippen LogP contribution in [0.3, 0.4) is 0 Å². The zero-order chi connectivity index (χ0) is 15.0. The van der Waals surface area contributed by atoms with Gasteiger partial charge < -0.3 is 0 Å². The summed E-state index contributed by atoms with van der Waals surface area (Å²) in [6.07, 6.45) is 1.72. The molecule has 1 saturated heterocycles. The smallest absolute Gasteiger partial charge is 0.206 e. The first kappa shape index (κ1) is 15.5. The van der Waals surface area contributed by atoms with E-state index in [-0.39, 0.29) is 6.04 Å². The summed E-state index contributed by atoms with van der Waals surface area (Å²) >= 11 is 10.4. The highest BCUT2D eigenvalue weighted by atomic mass is 79.9. The van der Waals surface area contributed by atoms with E-state index >= 15 is 0 Å². The van der Waals surface area contributed by atoms with Gasteiger partial charge in [-0.25, -0.2) is 8.42 Å². The Morgan fingerprint density at radius 2 is 2.00 bits per heavy atom. The van der Waals surface area contributed by atoms with Gasteiger partial charge in [0.2, 0.25) is 0 Å². The molecule has 7 heteroatoms. The summed E-state index contributed by atoms with van der Waals surface area (Å²) in [5.74, 6) is 0. The van der Waals surface area contributed by atoms with Crippen LogP contribution in [0.1, 0.15) is 24.4 Å². The second kappa shape index (κ2) is 6.01. The summed E-state index contributed by atoms with van der Waals surface area (Å²) in [5.41, 5.74) is 1.04. The van der Waals surface area contributed by atoms with Crippen LogP contribution < -0.4 is 0 Å². The number of hydrogen-bond acceptors (Lipinski definition) is 3. The van der Waals surface area contributed by atoms with Gasteiger partial charge in [0.15, 0.2) is 0 Å². The lowest BCUT2D eigenvalue weighted by Crippen LogP contribution is -2.30. The molecule has 0 saturated carbocycles. The molecule has 3 rings (SSSR count). The molecule has 112 valence electrons. The Kier molecular flexibility index (Phi) is 4.43. The van der Waals surface area contributed by atoms with Gasteiger partial charge in [0.05, 0.1) is 14.9 Å². The van der Waals surface area contributed by atoms with Crippen LogP contribution >= 0.6 is 38.9 Å². The maximum atomic E-state index is 12.8.